The van der Waals surface area contributed by atoms with Crippen LogP contribution < -0.4 is 16.2 Å². The molecule has 0 aromatic heterocycles. The molecule has 2 aromatic rings. The number of amides is 1. The predicted molar refractivity (Wildman–Crippen MR) is 110 cm³/mol. The minimum atomic E-state index is -3.53. The van der Waals surface area contributed by atoms with Gasteiger partial charge in [0.1, 0.15) is 5.82 Å². The zero-order valence-electron chi connectivity index (χ0n) is 16.4. The number of hydrazine groups is 1. The van der Waals surface area contributed by atoms with Crippen molar-refractivity contribution in [3.63, 3.8) is 0 Å². The van der Waals surface area contributed by atoms with E-state index in [1.54, 1.807) is 36.4 Å². The second-order valence-corrected chi connectivity index (χ2v) is 9.62. The van der Waals surface area contributed by atoms with Crippen LogP contribution in [0.15, 0.2) is 59.5 Å². The molecule has 7 nitrogen and oxygen atoms in total. The van der Waals surface area contributed by atoms with Crippen LogP contribution in [0, 0.1) is 11.7 Å². The number of carbonyl (C=O) groups is 1. The lowest BCUT2D eigenvalue weighted by molar-refractivity contribution is -0.127. The summed E-state index contributed by atoms with van der Waals surface area (Å²) in [5, 5.41) is 2.97. The molecule has 2 atom stereocenters. The number of sulfonamides is 1. The van der Waals surface area contributed by atoms with Crippen LogP contribution in [0.1, 0.15) is 30.9 Å². The van der Waals surface area contributed by atoms with E-state index in [0.29, 0.717) is 32.4 Å². The van der Waals surface area contributed by atoms with Gasteiger partial charge in [0.15, 0.2) is 0 Å². The van der Waals surface area contributed by atoms with Gasteiger partial charge < -0.3 is 5.32 Å². The number of rotatable bonds is 5. The first-order valence-electron chi connectivity index (χ1n) is 10.1. The number of nitrogens with one attached hydrogen (secondary N) is 3. The third-order valence-electron chi connectivity index (χ3n) is 5.68. The molecule has 2 aromatic carbocycles. The maximum Gasteiger partial charge on any atom is 0.243 e. The van der Waals surface area contributed by atoms with E-state index in [4.69, 9.17) is 0 Å². The monoisotopic (exact) mass is 432 g/mol. The van der Waals surface area contributed by atoms with Crippen molar-refractivity contribution >= 4 is 15.9 Å². The van der Waals surface area contributed by atoms with E-state index in [1.165, 1.54) is 16.4 Å². The van der Waals surface area contributed by atoms with Gasteiger partial charge >= 0.3 is 0 Å². The molecule has 0 saturated carbocycles. The summed E-state index contributed by atoms with van der Waals surface area (Å²) < 4.78 is 40.3. The molecule has 2 unspecified atom stereocenters. The number of nitrogens with zero attached hydrogens (tertiary/aromatic N) is 1. The molecule has 2 aliphatic heterocycles. The highest BCUT2D eigenvalue weighted by atomic mass is 32.2. The van der Waals surface area contributed by atoms with Gasteiger partial charge in [-0.05, 0) is 42.7 Å². The lowest BCUT2D eigenvalue weighted by atomic mass is 9.97. The molecule has 2 fully saturated rings. The van der Waals surface area contributed by atoms with Gasteiger partial charge in [-0.1, -0.05) is 30.3 Å². The molecule has 9 heteroatoms. The molecule has 0 spiro atoms. The highest BCUT2D eigenvalue weighted by Crippen LogP contribution is 2.25. The Labute approximate surface area is 175 Å². The zero-order valence-corrected chi connectivity index (χ0v) is 17.2. The van der Waals surface area contributed by atoms with Crippen LogP contribution in [0.2, 0.25) is 0 Å². The molecule has 2 heterocycles. The smallest absolute Gasteiger partial charge is 0.243 e. The summed E-state index contributed by atoms with van der Waals surface area (Å²) in [5.74, 6) is -0.618. The highest BCUT2D eigenvalue weighted by molar-refractivity contribution is 7.89. The summed E-state index contributed by atoms with van der Waals surface area (Å²) in [6.45, 7) is 0.634. The third-order valence-corrected chi connectivity index (χ3v) is 7.59. The van der Waals surface area contributed by atoms with Gasteiger partial charge in [0.05, 0.1) is 11.1 Å². The maximum absolute atomic E-state index is 13.4. The Morgan fingerprint density at radius 3 is 2.47 bits per heavy atom. The van der Waals surface area contributed by atoms with Gasteiger partial charge in [0, 0.05) is 31.5 Å². The molecular weight excluding hydrogens is 407 g/mol. The van der Waals surface area contributed by atoms with Crippen LogP contribution >= 0.6 is 0 Å². The zero-order chi connectivity index (χ0) is 21.1. The summed E-state index contributed by atoms with van der Waals surface area (Å²) in [4.78, 5) is 12.9. The number of hydrogen-bond donors (Lipinski definition) is 3. The molecule has 2 aliphatic rings. The summed E-state index contributed by atoms with van der Waals surface area (Å²) >= 11 is 0. The lowest BCUT2D eigenvalue weighted by Gasteiger charge is -2.31. The van der Waals surface area contributed by atoms with Crippen molar-refractivity contribution in [3.05, 3.63) is 66.0 Å². The number of halogens is 1. The molecule has 0 aliphatic carbocycles. The van der Waals surface area contributed by atoms with Gasteiger partial charge in [-0.15, -0.1) is 0 Å². The van der Waals surface area contributed by atoms with Crippen molar-refractivity contribution < 1.29 is 17.6 Å². The molecular formula is C21H25FN4O3S. The fraction of sp³-hybridized carbons (Fsp3) is 0.381. The van der Waals surface area contributed by atoms with E-state index < -0.39 is 10.0 Å². The first-order valence-corrected chi connectivity index (χ1v) is 11.5. The van der Waals surface area contributed by atoms with Crippen molar-refractivity contribution in [2.45, 2.75) is 36.4 Å². The molecule has 30 heavy (non-hydrogen) atoms. The molecule has 0 bridgehead atoms. The normalized spacial score (nSPS) is 23.4. The lowest BCUT2D eigenvalue weighted by Crippen LogP contribution is -2.49. The van der Waals surface area contributed by atoms with E-state index >= 15 is 0 Å². The van der Waals surface area contributed by atoms with E-state index in [2.05, 4.69) is 16.2 Å². The van der Waals surface area contributed by atoms with Gasteiger partial charge in [0.2, 0.25) is 15.9 Å². The highest BCUT2D eigenvalue weighted by Gasteiger charge is 2.34. The van der Waals surface area contributed by atoms with E-state index in [9.17, 15) is 17.6 Å². The topological polar surface area (TPSA) is 90.5 Å². The molecule has 4 rings (SSSR count). The van der Waals surface area contributed by atoms with Crippen LogP contribution in [0.3, 0.4) is 0 Å². The van der Waals surface area contributed by atoms with E-state index in [-0.39, 0.29) is 34.7 Å². The Hall–Kier alpha value is -2.33. The quantitative estimate of drug-likeness (QED) is 0.672. The van der Waals surface area contributed by atoms with Gasteiger partial charge in [-0.3, -0.25) is 4.79 Å². The Morgan fingerprint density at radius 1 is 1.03 bits per heavy atom. The second-order valence-electron chi connectivity index (χ2n) is 7.68. The van der Waals surface area contributed by atoms with Crippen molar-refractivity contribution in [1.29, 1.82) is 0 Å². The first-order chi connectivity index (χ1) is 14.4. The van der Waals surface area contributed by atoms with Gasteiger partial charge in [-0.2, -0.15) is 4.31 Å². The SMILES string of the molecule is O=C(NC1CC(c2cccc(F)c2)NN1)C1CCN(S(=O)(=O)c2ccccc2)CC1. The number of hydrogen-bond acceptors (Lipinski definition) is 5. The summed E-state index contributed by atoms with van der Waals surface area (Å²) in [6.07, 6.45) is 1.28. The fourth-order valence-electron chi connectivity index (χ4n) is 3.98. The molecule has 2 saturated heterocycles. The van der Waals surface area contributed by atoms with Crippen LogP contribution in [-0.2, 0) is 14.8 Å². The number of benzene rings is 2. The fourth-order valence-corrected chi connectivity index (χ4v) is 5.47. The Kier molecular flexibility index (Phi) is 6.14. The van der Waals surface area contributed by atoms with Crippen LogP contribution in [-0.4, -0.2) is 37.9 Å². The average Bonchev–Trinajstić information content (AvgIpc) is 3.23. The first kappa shape index (κ1) is 20.9. The number of piperidine rings is 1. The second kappa shape index (κ2) is 8.81. The van der Waals surface area contributed by atoms with Crippen molar-refractivity contribution in [3.8, 4) is 0 Å². The van der Waals surface area contributed by atoms with E-state index in [1.807, 2.05) is 6.07 Å². The minimum absolute atomic E-state index is 0.0917. The minimum Gasteiger partial charge on any atom is -0.339 e. The van der Waals surface area contributed by atoms with Gasteiger partial charge in [0.25, 0.3) is 0 Å². The summed E-state index contributed by atoms with van der Waals surface area (Å²) in [5.41, 5.74) is 6.94. The van der Waals surface area contributed by atoms with Crippen LogP contribution in [0.4, 0.5) is 4.39 Å². The number of carbonyl (C=O) groups excluding carboxylic acids is 1. The van der Waals surface area contributed by atoms with Crippen molar-refractivity contribution in [2.24, 2.45) is 5.92 Å². The van der Waals surface area contributed by atoms with Crippen molar-refractivity contribution in [2.75, 3.05) is 13.1 Å². The Balaban J connectivity index is 1.29. The Bertz CT molecular complexity index is 994. The summed E-state index contributed by atoms with van der Waals surface area (Å²) in [7, 11) is -3.53. The molecule has 3 N–H and O–H groups in total. The average molecular weight is 433 g/mol. The largest absolute Gasteiger partial charge is 0.339 e. The van der Waals surface area contributed by atoms with Gasteiger partial charge in [-0.25, -0.2) is 23.7 Å². The van der Waals surface area contributed by atoms with Crippen LogP contribution in [0.5, 0.6) is 0 Å². The maximum atomic E-state index is 13.4. The predicted octanol–water partition coefficient (Wildman–Crippen LogP) is 1.91. The summed E-state index contributed by atoms with van der Waals surface area (Å²) in [6, 6.07) is 14.6. The Morgan fingerprint density at radius 2 is 1.77 bits per heavy atom. The standard InChI is InChI=1S/C21H25FN4O3S/c22-17-6-4-5-16(13-17)19-14-20(25-24-19)23-21(27)15-9-11-26(12-10-15)30(28,29)18-7-2-1-3-8-18/h1-8,13,15,19-20,24-25H,9-12,14H2,(H,23,27). The van der Waals surface area contributed by atoms with Crippen LogP contribution in [0.25, 0.3) is 0 Å². The van der Waals surface area contributed by atoms with E-state index in [0.717, 1.165) is 5.56 Å². The molecule has 160 valence electrons. The third kappa shape index (κ3) is 4.54. The molecule has 1 amide bonds. The van der Waals surface area contributed by atoms with Crippen molar-refractivity contribution in [1.82, 2.24) is 20.5 Å². The molecule has 0 radical (unpaired) electrons.